The van der Waals surface area contributed by atoms with E-state index in [2.05, 4.69) is 31.5 Å². The fourth-order valence-corrected chi connectivity index (χ4v) is 2.08. The Bertz CT molecular complexity index is 344. The van der Waals surface area contributed by atoms with Crippen LogP contribution in [-0.2, 0) is 0 Å². The Labute approximate surface area is 97.0 Å². The van der Waals surface area contributed by atoms with E-state index >= 15 is 0 Å². The van der Waals surface area contributed by atoms with Crippen LogP contribution in [0.2, 0.25) is 0 Å². The highest BCUT2D eigenvalue weighted by Gasteiger charge is 2.16. The highest BCUT2D eigenvalue weighted by molar-refractivity contribution is 9.10. The molecule has 0 spiro atoms. The van der Waals surface area contributed by atoms with Crippen LogP contribution >= 0.6 is 15.9 Å². The van der Waals surface area contributed by atoms with Gasteiger partial charge in [0.25, 0.3) is 5.91 Å². The number of carbonyl (C=O) groups excluding carboxylic acids is 1. The monoisotopic (exact) mass is 271 g/mol. The molecule has 0 saturated carbocycles. The van der Waals surface area contributed by atoms with Crippen LogP contribution < -0.4 is 10.6 Å². The third-order valence-electron chi connectivity index (χ3n) is 2.52. The summed E-state index contributed by atoms with van der Waals surface area (Å²) in [6, 6.07) is 2.04. The van der Waals surface area contributed by atoms with Crippen LogP contribution in [0.1, 0.15) is 23.3 Å². The highest BCUT2D eigenvalue weighted by atomic mass is 79.9. The Morgan fingerprint density at radius 1 is 1.60 bits per heavy atom. The Balaban J connectivity index is 1.91. The first-order chi connectivity index (χ1) is 7.25. The number of H-pyrrole nitrogens is 1. The first kappa shape index (κ1) is 10.7. The molecule has 5 heteroatoms. The van der Waals surface area contributed by atoms with Gasteiger partial charge in [0.15, 0.2) is 0 Å². The number of piperidine rings is 1. The molecule has 2 heterocycles. The molecular weight excluding hydrogens is 258 g/mol. The summed E-state index contributed by atoms with van der Waals surface area (Å²) < 4.78 is 0.898. The molecule has 0 aliphatic carbocycles. The van der Waals surface area contributed by atoms with Gasteiger partial charge in [-0.05, 0) is 41.4 Å². The number of hydrogen-bond acceptors (Lipinski definition) is 2. The van der Waals surface area contributed by atoms with Gasteiger partial charge in [0, 0.05) is 23.3 Å². The lowest BCUT2D eigenvalue weighted by Crippen LogP contribution is -2.45. The van der Waals surface area contributed by atoms with Crippen molar-refractivity contribution in [2.24, 2.45) is 0 Å². The number of rotatable bonds is 2. The molecule has 0 aromatic carbocycles. The smallest absolute Gasteiger partial charge is 0.267 e. The molecule has 2 rings (SSSR count). The molecule has 0 radical (unpaired) electrons. The average molecular weight is 272 g/mol. The van der Waals surface area contributed by atoms with Crippen molar-refractivity contribution in [3.8, 4) is 0 Å². The van der Waals surface area contributed by atoms with Crippen LogP contribution in [0, 0.1) is 0 Å². The Hall–Kier alpha value is -0.810. The molecule has 1 aromatic heterocycles. The standard InChI is InChI=1S/C10H14BrN3O/c11-7-4-9(13-5-7)10(15)14-8-2-1-3-12-6-8/h4-5,8,12-13H,1-3,6H2,(H,14,15). The molecule has 0 bridgehead atoms. The zero-order valence-electron chi connectivity index (χ0n) is 8.35. The zero-order chi connectivity index (χ0) is 10.7. The van der Waals surface area contributed by atoms with Crippen LogP contribution in [0.15, 0.2) is 16.7 Å². The molecule has 1 aromatic rings. The van der Waals surface area contributed by atoms with E-state index in [1.165, 1.54) is 0 Å². The molecule has 1 fully saturated rings. The van der Waals surface area contributed by atoms with E-state index in [1.54, 1.807) is 12.3 Å². The van der Waals surface area contributed by atoms with Gasteiger partial charge in [-0.25, -0.2) is 0 Å². The van der Waals surface area contributed by atoms with Crippen molar-refractivity contribution in [3.05, 3.63) is 22.4 Å². The van der Waals surface area contributed by atoms with Crippen LogP contribution in [0.3, 0.4) is 0 Å². The lowest BCUT2D eigenvalue weighted by atomic mass is 10.1. The number of aromatic nitrogens is 1. The quantitative estimate of drug-likeness (QED) is 0.759. The number of halogens is 1. The van der Waals surface area contributed by atoms with E-state index < -0.39 is 0 Å². The van der Waals surface area contributed by atoms with Crippen LogP contribution in [-0.4, -0.2) is 30.0 Å². The minimum absolute atomic E-state index is 0.0330. The second kappa shape index (κ2) is 4.81. The largest absolute Gasteiger partial charge is 0.356 e. The molecule has 3 N–H and O–H groups in total. The number of hydrogen-bond donors (Lipinski definition) is 3. The predicted molar refractivity (Wildman–Crippen MR) is 61.9 cm³/mol. The fraction of sp³-hybridized carbons (Fsp3) is 0.500. The van der Waals surface area contributed by atoms with Gasteiger partial charge in [0.1, 0.15) is 5.69 Å². The van der Waals surface area contributed by atoms with Crippen molar-refractivity contribution >= 4 is 21.8 Å². The summed E-state index contributed by atoms with van der Waals surface area (Å²) in [7, 11) is 0. The third kappa shape index (κ3) is 2.82. The summed E-state index contributed by atoms with van der Waals surface area (Å²) in [5, 5.41) is 6.26. The minimum Gasteiger partial charge on any atom is -0.356 e. The SMILES string of the molecule is O=C(NC1CCCNC1)c1cc(Br)c[nH]1. The number of amides is 1. The fourth-order valence-electron chi connectivity index (χ4n) is 1.74. The van der Waals surface area contributed by atoms with Gasteiger partial charge in [-0.3, -0.25) is 4.79 Å². The van der Waals surface area contributed by atoms with E-state index in [4.69, 9.17) is 0 Å². The van der Waals surface area contributed by atoms with Crippen LogP contribution in [0.4, 0.5) is 0 Å². The number of carbonyl (C=O) groups is 1. The van der Waals surface area contributed by atoms with E-state index in [-0.39, 0.29) is 11.9 Å². The summed E-state index contributed by atoms with van der Waals surface area (Å²) in [6.45, 7) is 1.92. The van der Waals surface area contributed by atoms with Gasteiger partial charge in [-0.1, -0.05) is 0 Å². The first-order valence-electron chi connectivity index (χ1n) is 5.11. The Morgan fingerprint density at radius 3 is 3.07 bits per heavy atom. The second-order valence-electron chi connectivity index (χ2n) is 3.75. The maximum Gasteiger partial charge on any atom is 0.267 e. The molecular formula is C10H14BrN3O. The normalized spacial score (nSPS) is 21.3. The van der Waals surface area contributed by atoms with Gasteiger partial charge in [-0.15, -0.1) is 0 Å². The Morgan fingerprint density at radius 2 is 2.47 bits per heavy atom. The molecule has 1 aliphatic rings. The predicted octanol–water partition coefficient (Wildman–Crippen LogP) is 1.26. The lowest BCUT2D eigenvalue weighted by Gasteiger charge is -2.23. The average Bonchev–Trinajstić information content (AvgIpc) is 2.66. The van der Waals surface area contributed by atoms with Gasteiger partial charge >= 0.3 is 0 Å². The summed E-state index contributed by atoms with van der Waals surface area (Å²) in [4.78, 5) is 14.7. The van der Waals surface area contributed by atoms with Gasteiger partial charge in [-0.2, -0.15) is 0 Å². The number of nitrogens with one attached hydrogen (secondary N) is 3. The van der Waals surface area contributed by atoms with E-state index in [0.717, 1.165) is 30.4 Å². The maximum atomic E-state index is 11.7. The molecule has 1 saturated heterocycles. The van der Waals surface area contributed by atoms with Crippen LogP contribution in [0.25, 0.3) is 0 Å². The lowest BCUT2D eigenvalue weighted by molar-refractivity contribution is 0.0926. The molecule has 1 amide bonds. The highest BCUT2D eigenvalue weighted by Crippen LogP contribution is 2.11. The van der Waals surface area contributed by atoms with E-state index in [0.29, 0.717) is 5.69 Å². The van der Waals surface area contributed by atoms with Gasteiger partial charge in [0.05, 0.1) is 0 Å². The summed E-state index contributed by atoms with van der Waals surface area (Å²) >= 11 is 3.30. The molecule has 15 heavy (non-hydrogen) atoms. The first-order valence-corrected chi connectivity index (χ1v) is 5.90. The van der Waals surface area contributed by atoms with Crippen LogP contribution in [0.5, 0.6) is 0 Å². The van der Waals surface area contributed by atoms with Gasteiger partial charge in [0.2, 0.25) is 0 Å². The summed E-state index contributed by atoms with van der Waals surface area (Å²) in [6.07, 6.45) is 3.94. The molecule has 82 valence electrons. The minimum atomic E-state index is -0.0330. The molecule has 1 aliphatic heterocycles. The van der Waals surface area contributed by atoms with Crippen molar-refractivity contribution in [2.75, 3.05) is 13.1 Å². The molecule has 1 atom stereocenters. The van der Waals surface area contributed by atoms with E-state index in [9.17, 15) is 4.79 Å². The van der Waals surface area contributed by atoms with Gasteiger partial charge < -0.3 is 15.6 Å². The second-order valence-corrected chi connectivity index (χ2v) is 4.66. The summed E-state index contributed by atoms with van der Waals surface area (Å²) in [5.74, 6) is -0.0330. The van der Waals surface area contributed by atoms with Crippen molar-refractivity contribution in [1.29, 1.82) is 0 Å². The Kier molecular flexibility index (Phi) is 3.43. The molecule has 4 nitrogen and oxygen atoms in total. The summed E-state index contributed by atoms with van der Waals surface area (Å²) in [5.41, 5.74) is 0.604. The van der Waals surface area contributed by atoms with Crippen molar-refractivity contribution in [2.45, 2.75) is 18.9 Å². The number of aromatic amines is 1. The zero-order valence-corrected chi connectivity index (χ0v) is 9.93. The third-order valence-corrected chi connectivity index (χ3v) is 2.98. The topological polar surface area (TPSA) is 56.9 Å². The molecule has 1 unspecified atom stereocenters. The van der Waals surface area contributed by atoms with Crippen molar-refractivity contribution in [3.63, 3.8) is 0 Å². The maximum absolute atomic E-state index is 11.7. The van der Waals surface area contributed by atoms with E-state index in [1.807, 2.05) is 0 Å². The van der Waals surface area contributed by atoms with Crippen molar-refractivity contribution < 1.29 is 4.79 Å². The van der Waals surface area contributed by atoms with Crippen molar-refractivity contribution in [1.82, 2.24) is 15.6 Å².